The van der Waals surface area contributed by atoms with Crippen molar-refractivity contribution in [1.29, 1.82) is 0 Å². The van der Waals surface area contributed by atoms with Crippen LogP contribution in [0.25, 0.3) is 21.8 Å². The average Bonchev–Trinajstić information content (AvgIpc) is 3.28. The van der Waals surface area contributed by atoms with Crippen LogP contribution in [-0.4, -0.2) is 21.4 Å². The molecule has 4 aromatic rings. The minimum absolute atomic E-state index is 0.240. The molecule has 2 amide bonds. The van der Waals surface area contributed by atoms with Crippen LogP contribution in [0.5, 0.6) is 0 Å². The molecule has 2 aromatic carbocycles. The molecule has 4 rings (SSSR count). The molecule has 0 radical (unpaired) electrons. The van der Waals surface area contributed by atoms with Crippen molar-refractivity contribution in [3.63, 3.8) is 0 Å². The summed E-state index contributed by atoms with van der Waals surface area (Å²) in [5.41, 5.74) is 7.42. The molecule has 0 saturated carbocycles. The van der Waals surface area contributed by atoms with Crippen LogP contribution >= 0.6 is 0 Å². The molecule has 0 spiro atoms. The number of hydrazine groups is 1. The number of fused-ring (bicyclic) bond motifs is 2. The highest BCUT2D eigenvalue weighted by Crippen LogP contribution is 2.17. The summed E-state index contributed by atoms with van der Waals surface area (Å²) in [4.78, 5) is 27.4. The van der Waals surface area contributed by atoms with E-state index in [2.05, 4.69) is 15.8 Å². The maximum Gasteiger partial charge on any atom is 0.271 e. The molecule has 6 nitrogen and oxygen atoms in total. The molecular formula is C20H18N4O2. The van der Waals surface area contributed by atoms with Crippen molar-refractivity contribution in [3.8, 4) is 0 Å². The van der Waals surface area contributed by atoms with Crippen LogP contribution in [0.3, 0.4) is 0 Å². The topological polar surface area (TPSA) is 78.9 Å². The van der Waals surface area contributed by atoms with Gasteiger partial charge >= 0.3 is 0 Å². The third-order valence-corrected chi connectivity index (χ3v) is 4.41. The Kier molecular flexibility index (Phi) is 4.15. The first-order chi connectivity index (χ1) is 12.7. The number of hydrogen-bond donors (Lipinski definition) is 3. The van der Waals surface area contributed by atoms with E-state index in [-0.39, 0.29) is 18.2 Å². The summed E-state index contributed by atoms with van der Waals surface area (Å²) in [5.74, 6) is -0.585. The number of rotatable bonds is 4. The molecular weight excluding hydrogens is 328 g/mol. The number of amides is 2. The van der Waals surface area contributed by atoms with Gasteiger partial charge in [-0.15, -0.1) is 0 Å². The van der Waals surface area contributed by atoms with Gasteiger partial charge in [-0.3, -0.25) is 20.4 Å². The average molecular weight is 346 g/mol. The Hall–Kier alpha value is -3.54. The summed E-state index contributed by atoms with van der Waals surface area (Å²) in [6, 6.07) is 17.6. The molecule has 0 fully saturated rings. The SMILES string of the molecule is O=C(CCn1ccc2ccccc21)NNC(=O)c1c[nH]c2ccccc12. The van der Waals surface area contributed by atoms with Gasteiger partial charge in [0.2, 0.25) is 5.91 Å². The maximum absolute atomic E-state index is 12.3. The number of H-pyrrole nitrogens is 1. The molecule has 2 heterocycles. The van der Waals surface area contributed by atoms with Crippen LogP contribution in [0, 0.1) is 0 Å². The summed E-state index contributed by atoms with van der Waals surface area (Å²) in [5, 5.41) is 1.96. The van der Waals surface area contributed by atoms with Gasteiger partial charge in [0.25, 0.3) is 5.91 Å². The molecule has 0 aliphatic carbocycles. The van der Waals surface area contributed by atoms with Crippen LogP contribution in [0.1, 0.15) is 16.8 Å². The predicted octanol–water partition coefficient (Wildman–Crippen LogP) is 2.97. The predicted molar refractivity (Wildman–Crippen MR) is 100 cm³/mol. The molecule has 0 saturated heterocycles. The van der Waals surface area contributed by atoms with Crippen LogP contribution in [0.15, 0.2) is 67.0 Å². The van der Waals surface area contributed by atoms with Gasteiger partial charge in [-0.1, -0.05) is 36.4 Å². The maximum atomic E-state index is 12.3. The number of hydrogen-bond acceptors (Lipinski definition) is 2. The summed E-state index contributed by atoms with van der Waals surface area (Å²) in [7, 11) is 0. The first-order valence-corrected chi connectivity index (χ1v) is 8.41. The van der Waals surface area contributed by atoms with Gasteiger partial charge in [0.05, 0.1) is 5.56 Å². The molecule has 0 aliphatic rings. The second-order valence-corrected chi connectivity index (χ2v) is 6.07. The first kappa shape index (κ1) is 16.0. The minimum Gasteiger partial charge on any atom is -0.360 e. The minimum atomic E-state index is -0.345. The Labute approximate surface area is 149 Å². The quantitative estimate of drug-likeness (QED) is 0.497. The summed E-state index contributed by atoms with van der Waals surface area (Å²) in [6.07, 6.45) is 3.87. The second-order valence-electron chi connectivity index (χ2n) is 6.07. The molecule has 6 heteroatoms. The lowest BCUT2D eigenvalue weighted by Gasteiger charge is -2.08. The number of aromatic nitrogens is 2. The van der Waals surface area contributed by atoms with E-state index in [1.165, 1.54) is 0 Å². The van der Waals surface area contributed by atoms with Crippen LogP contribution in [0.4, 0.5) is 0 Å². The largest absolute Gasteiger partial charge is 0.360 e. The number of aromatic amines is 1. The zero-order chi connectivity index (χ0) is 17.9. The highest BCUT2D eigenvalue weighted by Gasteiger charge is 2.12. The molecule has 2 aromatic heterocycles. The lowest BCUT2D eigenvalue weighted by Crippen LogP contribution is -2.41. The van der Waals surface area contributed by atoms with E-state index >= 15 is 0 Å². The summed E-state index contributed by atoms with van der Waals surface area (Å²) >= 11 is 0. The van der Waals surface area contributed by atoms with Crippen molar-refractivity contribution in [2.45, 2.75) is 13.0 Å². The van der Waals surface area contributed by atoms with E-state index < -0.39 is 0 Å². The molecule has 26 heavy (non-hydrogen) atoms. The Bertz CT molecular complexity index is 1090. The number of carbonyl (C=O) groups excluding carboxylic acids is 2. The number of nitrogens with one attached hydrogen (secondary N) is 3. The van der Waals surface area contributed by atoms with E-state index in [9.17, 15) is 9.59 Å². The standard InChI is InChI=1S/C20H18N4O2/c25-19(10-12-24-11-9-14-5-1-4-8-18(14)24)22-23-20(26)16-13-21-17-7-3-2-6-15(16)17/h1-9,11,13,21H,10,12H2,(H,22,25)(H,23,26). The van der Waals surface area contributed by atoms with Crippen molar-refractivity contribution >= 4 is 33.6 Å². The molecule has 0 aliphatic heterocycles. The van der Waals surface area contributed by atoms with E-state index in [4.69, 9.17) is 0 Å². The van der Waals surface area contributed by atoms with Crippen LogP contribution in [-0.2, 0) is 11.3 Å². The van der Waals surface area contributed by atoms with E-state index in [0.717, 1.165) is 21.8 Å². The fourth-order valence-electron chi connectivity index (χ4n) is 3.07. The zero-order valence-corrected chi connectivity index (χ0v) is 14.0. The molecule has 0 bridgehead atoms. The first-order valence-electron chi connectivity index (χ1n) is 8.41. The number of benzene rings is 2. The van der Waals surface area contributed by atoms with E-state index in [1.807, 2.05) is 65.4 Å². The lowest BCUT2D eigenvalue weighted by molar-refractivity contribution is -0.122. The number of carbonyl (C=O) groups is 2. The number of para-hydroxylation sites is 2. The van der Waals surface area contributed by atoms with Gasteiger partial charge in [0, 0.05) is 41.8 Å². The van der Waals surface area contributed by atoms with Gasteiger partial charge in [0.15, 0.2) is 0 Å². The van der Waals surface area contributed by atoms with Crippen LogP contribution < -0.4 is 10.9 Å². The zero-order valence-electron chi connectivity index (χ0n) is 14.0. The van der Waals surface area contributed by atoms with Gasteiger partial charge in [-0.25, -0.2) is 0 Å². The molecule has 0 atom stereocenters. The summed E-state index contributed by atoms with van der Waals surface area (Å²) in [6.45, 7) is 0.544. The van der Waals surface area contributed by atoms with Gasteiger partial charge in [-0.2, -0.15) is 0 Å². The fourth-order valence-corrected chi connectivity index (χ4v) is 3.07. The molecule has 130 valence electrons. The third kappa shape index (κ3) is 3.04. The lowest BCUT2D eigenvalue weighted by atomic mass is 10.2. The monoisotopic (exact) mass is 346 g/mol. The Morgan fingerprint density at radius 1 is 0.962 bits per heavy atom. The van der Waals surface area contributed by atoms with Crippen molar-refractivity contribution in [2.75, 3.05) is 0 Å². The smallest absolute Gasteiger partial charge is 0.271 e. The van der Waals surface area contributed by atoms with Gasteiger partial charge in [-0.05, 0) is 23.6 Å². The van der Waals surface area contributed by atoms with E-state index in [0.29, 0.717) is 12.1 Å². The normalized spacial score (nSPS) is 10.9. The van der Waals surface area contributed by atoms with Crippen molar-refractivity contribution in [2.24, 2.45) is 0 Å². The van der Waals surface area contributed by atoms with Gasteiger partial charge < -0.3 is 9.55 Å². The highest BCUT2D eigenvalue weighted by atomic mass is 16.2. The molecule has 3 N–H and O–H groups in total. The van der Waals surface area contributed by atoms with E-state index in [1.54, 1.807) is 6.20 Å². The fraction of sp³-hybridized carbons (Fsp3) is 0.100. The van der Waals surface area contributed by atoms with Crippen LogP contribution in [0.2, 0.25) is 0 Å². The van der Waals surface area contributed by atoms with Crippen molar-refractivity contribution < 1.29 is 9.59 Å². The molecule has 0 unspecified atom stereocenters. The third-order valence-electron chi connectivity index (χ3n) is 4.41. The number of aryl methyl sites for hydroxylation is 1. The summed E-state index contributed by atoms with van der Waals surface area (Å²) < 4.78 is 2.02. The number of nitrogens with zero attached hydrogens (tertiary/aromatic N) is 1. The van der Waals surface area contributed by atoms with Crippen molar-refractivity contribution in [3.05, 3.63) is 72.6 Å². The Morgan fingerprint density at radius 2 is 1.77 bits per heavy atom. The Morgan fingerprint density at radius 3 is 2.69 bits per heavy atom. The second kappa shape index (κ2) is 6.76. The van der Waals surface area contributed by atoms with Gasteiger partial charge in [0.1, 0.15) is 0 Å². The highest BCUT2D eigenvalue weighted by molar-refractivity contribution is 6.07. The van der Waals surface area contributed by atoms with Crippen molar-refractivity contribution in [1.82, 2.24) is 20.4 Å². The Balaban J connectivity index is 1.34.